The zero-order valence-corrected chi connectivity index (χ0v) is 64.5. The molecule has 0 bridgehead atoms. The fourth-order valence-electron chi connectivity index (χ4n) is 11.6. The molecule has 0 saturated carbocycles. The average molecular weight is 1630 g/mol. The van der Waals surface area contributed by atoms with E-state index in [1.165, 1.54) is 13.8 Å². The van der Waals surface area contributed by atoms with Gasteiger partial charge in [-0.05, 0) is 50.2 Å². The molecule has 3 rings (SSSR count). The van der Waals surface area contributed by atoms with Crippen LogP contribution in [0.5, 0.6) is 0 Å². The summed E-state index contributed by atoms with van der Waals surface area (Å²) in [5.74, 6) is -33.7. The van der Waals surface area contributed by atoms with Gasteiger partial charge in [-0.25, -0.2) is 9.59 Å². The van der Waals surface area contributed by atoms with Crippen LogP contribution in [0.2, 0.25) is 0 Å². The van der Waals surface area contributed by atoms with Gasteiger partial charge in [0.05, 0.1) is 38.8 Å². The van der Waals surface area contributed by atoms with Crippen molar-refractivity contribution in [2.75, 3.05) is 27.2 Å². The van der Waals surface area contributed by atoms with E-state index in [1.54, 1.807) is 30.5 Å². The van der Waals surface area contributed by atoms with E-state index in [-0.39, 0.29) is 12.8 Å². The molecular formula is C70H103N17O28. The Labute approximate surface area is 657 Å². The molecule has 16 amide bonds. The number of carboxylic acids is 4. The molecule has 1 aromatic heterocycles. The number of aromatic amines is 1. The van der Waals surface area contributed by atoms with E-state index >= 15 is 0 Å². The lowest BCUT2D eigenvalue weighted by Crippen LogP contribution is -2.64. The zero-order chi connectivity index (χ0) is 86.8. The van der Waals surface area contributed by atoms with Crippen LogP contribution < -0.4 is 81.0 Å². The lowest BCUT2D eigenvalue weighted by Gasteiger charge is -2.32. The Morgan fingerprint density at radius 2 is 1.17 bits per heavy atom. The first kappa shape index (κ1) is 96.7. The summed E-state index contributed by atoms with van der Waals surface area (Å²) in [4.78, 5) is 288. The number of aliphatic hydroxyl groups is 1. The number of hydrogen-bond donors (Lipinski definition) is 21. The number of unbranched alkanes of at least 4 members (excludes halogenated alkanes) is 6. The predicted molar refractivity (Wildman–Crippen MR) is 394 cm³/mol. The number of aliphatic hydroxyl groups excluding tert-OH is 1. The van der Waals surface area contributed by atoms with Crippen LogP contribution in [0.3, 0.4) is 0 Å². The number of hydrogen-bond acceptors (Lipinski definition) is 24. The molecular weight excluding hydrogens is 1530 g/mol. The van der Waals surface area contributed by atoms with Crippen LogP contribution in [-0.2, 0) is 117 Å². The van der Waals surface area contributed by atoms with Crippen molar-refractivity contribution in [3.8, 4) is 0 Å². The number of para-hydroxylation sites is 1. The van der Waals surface area contributed by atoms with Gasteiger partial charge in [-0.1, -0.05) is 84.4 Å². The molecule has 0 spiro atoms. The van der Waals surface area contributed by atoms with Gasteiger partial charge in [0.1, 0.15) is 72.6 Å². The second-order valence-corrected chi connectivity index (χ2v) is 27.7. The second-order valence-electron chi connectivity index (χ2n) is 27.7. The van der Waals surface area contributed by atoms with Crippen molar-refractivity contribution in [1.29, 1.82) is 0 Å². The molecule has 1 aliphatic rings. The Kier molecular flexibility index (Phi) is 39.7. The first-order valence-electron chi connectivity index (χ1n) is 36.5. The molecule has 2 aromatic rings. The molecule has 45 heteroatoms. The molecule has 0 aliphatic carbocycles. The molecule has 15 atom stereocenters. The maximum absolute atomic E-state index is 14.9. The summed E-state index contributed by atoms with van der Waals surface area (Å²) < 4.78 is 10.6. The number of carboxylic acid groups (broad SMARTS) is 4. The number of amides is 16. The fraction of sp³-hybridized carbons (Fsp3) is 0.586. The lowest BCUT2D eigenvalue weighted by molar-refractivity contribution is -0.159. The van der Waals surface area contributed by atoms with E-state index in [1.807, 2.05) is 31.9 Å². The smallest absolute Gasteiger partial charge is 0.335 e. The van der Waals surface area contributed by atoms with Crippen LogP contribution in [0.1, 0.15) is 137 Å². The van der Waals surface area contributed by atoms with Crippen LogP contribution in [0, 0.1) is 11.8 Å². The van der Waals surface area contributed by atoms with Crippen molar-refractivity contribution in [1.82, 2.24) is 73.7 Å². The number of esters is 1. The van der Waals surface area contributed by atoms with Crippen molar-refractivity contribution in [2.24, 2.45) is 29.0 Å². The number of aliphatic carboxylic acids is 4. The highest BCUT2D eigenvalue weighted by molar-refractivity contribution is 6.03. The largest absolute Gasteiger partial charge is 0.481 e. The number of aromatic nitrogens is 1. The number of H-pyrrole nitrogens is 1. The van der Waals surface area contributed by atoms with Gasteiger partial charge in [-0.2, -0.15) is 0 Å². The highest BCUT2D eigenvalue weighted by Gasteiger charge is 2.44. The quantitative estimate of drug-likeness (QED) is 0.0225. The van der Waals surface area contributed by atoms with Gasteiger partial charge in [-0.3, -0.25) is 91.1 Å². The number of nitrogens with two attached hydrogens (primary N) is 3. The van der Waals surface area contributed by atoms with E-state index in [0.717, 1.165) is 67.0 Å². The fourth-order valence-corrected chi connectivity index (χ4v) is 11.6. The number of nitrogens with one attached hydrogen (secondary N) is 13. The number of rotatable bonds is 35. The molecule has 24 N–H and O–H groups in total. The molecule has 115 heavy (non-hydrogen) atoms. The summed E-state index contributed by atoms with van der Waals surface area (Å²) >= 11 is 0. The molecule has 0 radical (unpaired) electrons. The second kappa shape index (κ2) is 47.2. The molecule has 636 valence electrons. The number of benzene rings is 1. The Bertz CT molecular complexity index is 3910. The highest BCUT2D eigenvalue weighted by Crippen LogP contribution is 2.21. The highest BCUT2D eigenvalue weighted by atomic mass is 16.5. The molecule has 2 heterocycles. The van der Waals surface area contributed by atoms with Crippen LogP contribution in [0.15, 0.2) is 30.5 Å². The lowest BCUT2D eigenvalue weighted by atomic mass is 9.95. The number of fused-ring (bicyclic) bond motifs is 1. The summed E-state index contributed by atoms with van der Waals surface area (Å²) in [7, 11) is 1.60. The van der Waals surface area contributed by atoms with Crippen molar-refractivity contribution < 1.29 is 136 Å². The summed E-state index contributed by atoms with van der Waals surface area (Å²) in [5.41, 5.74) is 17.4. The summed E-state index contributed by atoms with van der Waals surface area (Å²) in [6, 6.07) is -16.7. The van der Waals surface area contributed by atoms with Crippen LogP contribution in [0.4, 0.5) is 0 Å². The minimum atomic E-state index is -2.82. The maximum atomic E-state index is 14.9. The third-order valence-electron chi connectivity index (χ3n) is 17.9. The SMILES string of the molecule is CCCCCCCCCC(=O)NC(Cc1c[nH]c2ccccc12)C(=O)NC(CCC(=O)O)C(=O)NC(C(=O)NC1C(=O)N(C)CC(=O)NC(C)C(=O)NC(CC(=O)O)C(=O)NC(CC(N)=O)C(=O)NC(C(OC)C(=O)O)C(=O)NCC(=O)NC(CC(N)=O)C(=O)NC(C(C)CC(=O)O)C(=O)NC(C(C)C)C(=O)OC1C)C(O)C(N)=O. The van der Waals surface area contributed by atoms with Crippen LogP contribution in [-0.4, -0.2) is 272 Å². The van der Waals surface area contributed by atoms with Gasteiger partial charge in [0.25, 0.3) is 0 Å². The number of carbonyl (C=O) groups is 21. The van der Waals surface area contributed by atoms with Crippen LogP contribution >= 0.6 is 0 Å². The molecule has 45 nitrogen and oxygen atoms in total. The van der Waals surface area contributed by atoms with E-state index in [0.29, 0.717) is 34.2 Å². The van der Waals surface area contributed by atoms with E-state index < -0.39 is 273 Å². The number of cyclic esters (lactones) is 1. The van der Waals surface area contributed by atoms with Gasteiger partial charge < -0.3 is 126 Å². The Morgan fingerprint density at radius 1 is 0.609 bits per heavy atom. The third-order valence-corrected chi connectivity index (χ3v) is 17.9. The minimum absolute atomic E-state index is 0.0302. The van der Waals surface area contributed by atoms with Gasteiger partial charge in [0.15, 0.2) is 12.2 Å². The Morgan fingerprint density at radius 3 is 1.73 bits per heavy atom. The number of likely N-dealkylation sites (N-methyl/N-ethyl adjacent to an activating group) is 1. The summed E-state index contributed by atoms with van der Waals surface area (Å²) in [6.07, 6.45) is -6.37. The zero-order valence-electron chi connectivity index (χ0n) is 64.5. The van der Waals surface area contributed by atoms with Crippen molar-refractivity contribution >= 4 is 135 Å². The number of carbonyl (C=O) groups excluding carboxylic acids is 17. The van der Waals surface area contributed by atoms with E-state index in [9.17, 15) is 126 Å². The number of primary amides is 3. The van der Waals surface area contributed by atoms with Crippen molar-refractivity contribution in [2.45, 2.75) is 223 Å². The van der Waals surface area contributed by atoms with Crippen LogP contribution in [0.25, 0.3) is 10.9 Å². The number of nitrogens with zero attached hydrogens (tertiary/aromatic N) is 1. The van der Waals surface area contributed by atoms with Gasteiger partial charge in [0.2, 0.25) is 94.5 Å². The molecule has 15 unspecified atom stereocenters. The number of methoxy groups -OCH3 is 1. The normalized spacial score (nSPS) is 21.9. The Hall–Kier alpha value is -12.4. The van der Waals surface area contributed by atoms with Gasteiger partial charge >= 0.3 is 29.8 Å². The van der Waals surface area contributed by atoms with Gasteiger partial charge in [-0.15, -0.1) is 0 Å². The summed E-state index contributed by atoms with van der Waals surface area (Å²) in [6.45, 7) is 5.15. The molecule has 1 saturated heterocycles. The Balaban J connectivity index is 2.28. The monoisotopic (exact) mass is 1630 g/mol. The molecule has 1 aliphatic heterocycles. The predicted octanol–water partition coefficient (Wildman–Crippen LogP) is -7.47. The maximum Gasteiger partial charge on any atom is 0.335 e. The minimum Gasteiger partial charge on any atom is -0.481 e. The van der Waals surface area contributed by atoms with Gasteiger partial charge in [0, 0.05) is 50.5 Å². The summed E-state index contributed by atoms with van der Waals surface area (Å²) in [5, 5.41) is 77.0. The number of ether oxygens (including phenoxy) is 2. The first-order valence-corrected chi connectivity index (χ1v) is 36.5. The molecule has 1 aromatic carbocycles. The average Bonchev–Trinajstić information content (AvgIpc) is 1.53. The van der Waals surface area contributed by atoms with Crippen molar-refractivity contribution in [3.63, 3.8) is 0 Å². The molecule has 1 fully saturated rings. The standard InChI is InChI=1S/C70H103N17O28/c1-9-10-11-12-13-14-15-20-45(90)77-39(24-35-28-74-37-19-17-16-18-36(35)37)61(103)79-38(21-22-48(93)94)60(102)85-54(56(99)58(73)100)67(109)84-53-34(6)115-70(113)51(31(2)3)82-66(108)52(32(4)23-49(95)96)83-63(105)40(25-43(71)88)78-46(91)29-75-65(107)55(57(114-8)69(111)112)86-64(106)41(26-44(72)89)81-62(104)42(27-50(97)98)80-59(101)33(5)76-47(92)30-87(7)68(53)110/h16-19,28,31-34,38-42,51-57,74,99H,9-15,20-27,29-30H2,1-8H3,(H2,71,88)(H2,72,89)(H2,73,100)(H,75,107)(H,76,92)(H,77,90)(H,78,91)(H,79,103)(H,80,101)(H,81,104)(H,82,108)(H,83,105)(H,84,109)(H,85,102)(H,86,106)(H,93,94)(H,95,96)(H,97,98)(H,111,112). The van der Waals surface area contributed by atoms with E-state index in [4.69, 9.17) is 26.7 Å². The topological polar surface area (TPSA) is 720 Å². The first-order chi connectivity index (χ1) is 53.9. The third kappa shape index (κ3) is 32.3. The van der Waals surface area contributed by atoms with E-state index in [2.05, 4.69) is 43.8 Å². The van der Waals surface area contributed by atoms with Crippen molar-refractivity contribution in [3.05, 3.63) is 36.0 Å².